The first-order valence-corrected chi connectivity index (χ1v) is 9.28. The number of nitrogens with one attached hydrogen (secondary N) is 1. The molecular weight excluding hydrogens is 329 g/mol. The monoisotopic (exact) mass is 353 g/mol. The Balaban J connectivity index is 1.46. The van der Waals surface area contributed by atoms with E-state index in [1.54, 1.807) is 18.2 Å². The molecular formula is C21H24FN3O. The van der Waals surface area contributed by atoms with Crippen LogP contribution >= 0.6 is 0 Å². The number of carbonyl (C=O) groups is 1. The van der Waals surface area contributed by atoms with Crippen LogP contribution < -0.4 is 10.2 Å². The quantitative estimate of drug-likeness (QED) is 0.918. The number of amides is 1. The van der Waals surface area contributed by atoms with Gasteiger partial charge >= 0.3 is 0 Å². The minimum atomic E-state index is -0.283. The highest BCUT2D eigenvalue weighted by molar-refractivity contribution is 5.81. The van der Waals surface area contributed by atoms with E-state index in [0.29, 0.717) is 18.2 Å². The van der Waals surface area contributed by atoms with Crippen LogP contribution in [0.25, 0.3) is 0 Å². The Morgan fingerprint density at radius 2 is 1.96 bits per heavy atom. The number of rotatable bonds is 4. The highest BCUT2D eigenvalue weighted by Gasteiger charge is 2.31. The van der Waals surface area contributed by atoms with Gasteiger partial charge in [-0.1, -0.05) is 36.4 Å². The summed E-state index contributed by atoms with van der Waals surface area (Å²) >= 11 is 0. The number of benzene rings is 2. The Kier molecular flexibility index (Phi) is 4.89. The Hall–Kier alpha value is -2.40. The van der Waals surface area contributed by atoms with Crippen molar-refractivity contribution in [3.8, 4) is 0 Å². The highest BCUT2D eigenvalue weighted by Crippen LogP contribution is 2.31. The van der Waals surface area contributed by atoms with Crippen LogP contribution in [0.5, 0.6) is 0 Å². The summed E-state index contributed by atoms with van der Waals surface area (Å²) in [5.74, 6) is -0.357. The van der Waals surface area contributed by atoms with Gasteiger partial charge in [0.05, 0.1) is 6.54 Å². The predicted octanol–water partition coefficient (Wildman–Crippen LogP) is 2.93. The molecule has 0 aromatic heterocycles. The largest absolute Gasteiger partial charge is 0.360 e. The average molecular weight is 353 g/mol. The zero-order valence-corrected chi connectivity index (χ0v) is 14.8. The second-order valence-corrected chi connectivity index (χ2v) is 7.14. The van der Waals surface area contributed by atoms with E-state index >= 15 is 0 Å². The lowest BCUT2D eigenvalue weighted by atomic mass is 10.1. The van der Waals surface area contributed by atoms with Crippen molar-refractivity contribution in [2.24, 2.45) is 0 Å². The molecule has 2 heterocycles. The fourth-order valence-electron chi connectivity index (χ4n) is 4.05. The molecule has 2 aromatic carbocycles. The van der Waals surface area contributed by atoms with Crippen molar-refractivity contribution in [1.29, 1.82) is 0 Å². The second kappa shape index (κ2) is 7.46. The summed E-state index contributed by atoms with van der Waals surface area (Å²) in [5.41, 5.74) is 2.93. The molecule has 0 bridgehead atoms. The number of fused-ring (bicyclic) bond motifs is 2. The van der Waals surface area contributed by atoms with E-state index in [1.807, 2.05) is 6.07 Å². The summed E-state index contributed by atoms with van der Waals surface area (Å²) in [6, 6.07) is 15.4. The summed E-state index contributed by atoms with van der Waals surface area (Å²) < 4.78 is 13.7. The number of para-hydroxylation sites is 1. The van der Waals surface area contributed by atoms with E-state index in [9.17, 15) is 9.18 Å². The molecule has 0 aliphatic carbocycles. The summed E-state index contributed by atoms with van der Waals surface area (Å²) in [5, 5.41) is 2.86. The molecule has 2 aliphatic rings. The number of carbonyl (C=O) groups excluding carboxylic acids is 1. The van der Waals surface area contributed by atoms with Crippen LogP contribution in [-0.2, 0) is 17.9 Å². The maximum Gasteiger partial charge on any atom is 0.239 e. The molecule has 4 nitrogen and oxygen atoms in total. The van der Waals surface area contributed by atoms with Gasteiger partial charge in [-0.3, -0.25) is 9.69 Å². The van der Waals surface area contributed by atoms with Crippen LogP contribution in [0.15, 0.2) is 48.5 Å². The third kappa shape index (κ3) is 3.58. The molecule has 5 heteroatoms. The van der Waals surface area contributed by atoms with E-state index in [2.05, 4.69) is 33.3 Å². The number of halogens is 1. The standard InChI is InChI=1S/C21H24FN3O/c22-19-9-3-1-6-16(19)12-23-21(26)15-25-14-18-8-5-11-24(18)13-17-7-2-4-10-20(17)25/h1-4,6-7,9-10,18H,5,8,11-15H2,(H,23,26)/t18-/m0/s1. The van der Waals surface area contributed by atoms with Crippen LogP contribution in [-0.4, -0.2) is 36.5 Å². The first kappa shape index (κ1) is 17.0. The van der Waals surface area contributed by atoms with Gasteiger partial charge in [0.25, 0.3) is 0 Å². The van der Waals surface area contributed by atoms with Crippen LogP contribution in [0.3, 0.4) is 0 Å². The van der Waals surface area contributed by atoms with E-state index < -0.39 is 0 Å². The van der Waals surface area contributed by atoms with Crippen molar-refractivity contribution < 1.29 is 9.18 Å². The van der Waals surface area contributed by atoms with E-state index in [0.717, 1.165) is 25.3 Å². The zero-order valence-electron chi connectivity index (χ0n) is 14.8. The minimum absolute atomic E-state index is 0.0745. The molecule has 0 unspecified atom stereocenters. The topological polar surface area (TPSA) is 35.6 Å². The molecule has 1 fully saturated rings. The molecule has 1 saturated heterocycles. The number of hydrogen-bond donors (Lipinski definition) is 1. The summed E-state index contributed by atoms with van der Waals surface area (Å²) in [6.07, 6.45) is 2.40. The lowest BCUT2D eigenvalue weighted by Gasteiger charge is -2.27. The van der Waals surface area contributed by atoms with E-state index in [4.69, 9.17) is 0 Å². The second-order valence-electron chi connectivity index (χ2n) is 7.14. The fraction of sp³-hybridized carbons (Fsp3) is 0.381. The lowest BCUT2D eigenvalue weighted by molar-refractivity contribution is -0.119. The van der Waals surface area contributed by atoms with Crippen molar-refractivity contribution >= 4 is 11.6 Å². The molecule has 26 heavy (non-hydrogen) atoms. The molecule has 0 saturated carbocycles. The first-order chi connectivity index (χ1) is 12.7. The van der Waals surface area contributed by atoms with Gasteiger partial charge in [-0.15, -0.1) is 0 Å². The SMILES string of the molecule is O=C(CN1C[C@@H]2CCCN2Cc2ccccc21)NCc1ccccc1F. The van der Waals surface area contributed by atoms with E-state index in [1.165, 1.54) is 24.5 Å². The van der Waals surface area contributed by atoms with Crippen molar-refractivity contribution in [2.75, 3.05) is 24.5 Å². The van der Waals surface area contributed by atoms with Crippen LogP contribution in [0, 0.1) is 5.82 Å². The van der Waals surface area contributed by atoms with E-state index in [-0.39, 0.29) is 18.3 Å². The van der Waals surface area contributed by atoms with Crippen LogP contribution in [0.2, 0.25) is 0 Å². The van der Waals surface area contributed by atoms with Crippen LogP contribution in [0.4, 0.5) is 10.1 Å². The normalized spacial score (nSPS) is 19.6. The third-order valence-corrected chi connectivity index (χ3v) is 5.40. The number of hydrogen-bond acceptors (Lipinski definition) is 3. The van der Waals surface area contributed by atoms with Crippen molar-refractivity contribution in [3.05, 3.63) is 65.5 Å². The van der Waals surface area contributed by atoms with Crippen molar-refractivity contribution in [1.82, 2.24) is 10.2 Å². The maximum atomic E-state index is 13.7. The summed E-state index contributed by atoms with van der Waals surface area (Å²) in [6.45, 7) is 3.47. The zero-order chi connectivity index (χ0) is 17.9. The van der Waals surface area contributed by atoms with Gasteiger partial charge in [0.2, 0.25) is 5.91 Å². The Bertz CT molecular complexity index is 794. The first-order valence-electron chi connectivity index (χ1n) is 9.28. The Morgan fingerprint density at radius 1 is 1.15 bits per heavy atom. The van der Waals surface area contributed by atoms with Gasteiger partial charge in [-0.2, -0.15) is 0 Å². The minimum Gasteiger partial charge on any atom is -0.360 e. The molecule has 2 aromatic rings. The molecule has 2 aliphatic heterocycles. The third-order valence-electron chi connectivity index (χ3n) is 5.40. The predicted molar refractivity (Wildman–Crippen MR) is 100 cm³/mol. The van der Waals surface area contributed by atoms with Crippen molar-refractivity contribution in [2.45, 2.75) is 32.0 Å². The molecule has 1 amide bonds. The summed E-state index contributed by atoms with van der Waals surface area (Å²) in [4.78, 5) is 17.2. The van der Waals surface area contributed by atoms with Gasteiger partial charge in [-0.05, 0) is 37.1 Å². The maximum absolute atomic E-state index is 13.7. The van der Waals surface area contributed by atoms with Gasteiger partial charge in [0.15, 0.2) is 0 Å². The Labute approximate surface area is 153 Å². The molecule has 4 rings (SSSR count). The molecule has 1 atom stereocenters. The number of nitrogens with zero attached hydrogens (tertiary/aromatic N) is 2. The summed E-state index contributed by atoms with van der Waals surface area (Å²) in [7, 11) is 0. The van der Waals surface area contributed by atoms with Crippen LogP contribution in [0.1, 0.15) is 24.0 Å². The lowest BCUT2D eigenvalue weighted by Crippen LogP contribution is -2.42. The van der Waals surface area contributed by atoms with Gasteiger partial charge in [0, 0.05) is 36.9 Å². The average Bonchev–Trinajstić information content (AvgIpc) is 3.02. The van der Waals surface area contributed by atoms with Gasteiger partial charge < -0.3 is 10.2 Å². The van der Waals surface area contributed by atoms with Crippen molar-refractivity contribution in [3.63, 3.8) is 0 Å². The molecule has 0 spiro atoms. The molecule has 136 valence electrons. The molecule has 1 N–H and O–H groups in total. The highest BCUT2D eigenvalue weighted by atomic mass is 19.1. The van der Waals surface area contributed by atoms with Gasteiger partial charge in [-0.25, -0.2) is 4.39 Å². The Morgan fingerprint density at radius 3 is 2.85 bits per heavy atom. The van der Waals surface area contributed by atoms with Gasteiger partial charge in [0.1, 0.15) is 5.82 Å². The molecule has 0 radical (unpaired) electrons. The fourth-order valence-corrected chi connectivity index (χ4v) is 4.05. The smallest absolute Gasteiger partial charge is 0.239 e. The number of anilines is 1.